The number of nitrogens with zero attached hydrogens (tertiary/aromatic N) is 5. The van der Waals surface area contributed by atoms with Crippen LogP contribution in [0.5, 0.6) is 0 Å². The van der Waals surface area contributed by atoms with Gasteiger partial charge in [-0.25, -0.2) is 9.78 Å². The van der Waals surface area contributed by atoms with Gasteiger partial charge in [0, 0.05) is 11.6 Å². The van der Waals surface area contributed by atoms with E-state index in [4.69, 9.17) is 11.6 Å². The van der Waals surface area contributed by atoms with E-state index in [0.29, 0.717) is 25.3 Å². The summed E-state index contributed by atoms with van der Waals surface area (Å²) in [5, 5.41) is 12.1. The molecule has 0 radical (unpaired) electrons. The van der Waals surface area contributed by atoms with Crippen molar-refractivity contribution in [3.05, 3.63) is 69.5 Å². The fourth-order valence-corrected chi connectivity index (χ4v) is 4.59. The Labute approximate surface area is 206 Å². The van der Waals surface area contributed by atoms with Crippen molar-refractivity contribution in [2.45, 2.75) is 58.8 Å². The molecule has 1 aliphatic heterocycles. The predicted molar refractivity (Wildman–Crippen MR) is 126 cm³/mol. The second kappa shape index (κ2) is 9.85. The number of hydrogen-bond acceptors (Lipinski definition) is 4. The van der Waals surface area contributed by atoms with Gasteiger partial charge in [-0.3, -0.25) is 0 Å². The van der Waals surface area contributed by atoms with Crippen LogP contribution in [0.25, 0.3) is 0 Å². The van der Waals surface area contributed by atoms with E-state index in [2.05, 4.69) is 26.6 Å². The Bertz CT molecular complexity index is 1240. The molecule has 1 atom stereocenters. The number of halogens is 4. The molecule has 35 heavy (non-hydrogen) atoms. The molecule has 1 fully saturated rings. The van der Waals surface area contributed by atoms with Crippen LogP contribution in [0, 0.1) is 13.8 Å². The van der Waals surface area contributed by atoms with Crippen LogP contribution in [0.1, 0.15) is 60.0 Å². The van der Waals surface area contributed by atoms with Crippen LogP contribution in [-0.2, 0) is 19.1 Å². The molecule has 0 saturated carbocycles. The second-order valence-corrected chi connectivity index (χ2v) is 8.99. The lowest BCUT2D eigenvalue weighted by molar-refractivity contribution is -0.141. The standard InChI is InChI=1S/C24H26ClF3N6O/c1-4-17-12-16(7-8-18(17)25)13-34-15(3)31-32-22(34)20-6-5-11-33(20)23(35)30-19-9-10-21(24(26,27)28)29-14(19)2/h7-10,12,20H,4-6,11,13H2,1-3H3,(H,30,35)/t20-/m1/s1. The summed E-state index contributed by atoms with van der Waals surface area (Å²) in [5.41, 5.74) is 1.44. The Morgan fingerprint density at radius 2 is 1.97 bits per heavy atom. The molecule has 1 aromatic carbocycles. The molecule has 7 nitrogen and oxygen atoms in total. The summed E-state index contributed by atoms with van der Waals surface area (Å²) in [6, 6.07) is 7.27. The molecule has 0 unspecified atom stereocenters. The van der Waals surface area contributed by atoms with Gasteiger partial charge in [-0.15, -0.1) is 10.2 Å². The fraction of sp³-hybridized carbons (Fsp3) is 0.417. The van der Waals surface area contributed by atoms with E-state index in [1.165, 1.54) is 13.0 Å². The van der Waals surface area contributed by atoms with Crippen LogP contribution in [0.15, 0.2) is 30.3 Å². The van der Waals surface area contributed by atoms with Crippen molar-refractivity contribution < 1.29 is 18.0 Å². The SMILES string of the molecule is CCc1cc(Cn2c(C)nnc2[C@H]2CCCN2C(=O)Nc2ccc(C(F)(F)F)nc2C)ccc1Cl. The van der Waals surface area contributed by atoms with Gasteiger partial charge in [0.2, 0.25) is 0 Å². The van der Waals surface area contributed by atoms with E-state index < -0.39 is 17.9 Å². The topological polar surface area (TPSA) is 75.9 Å². The zero-order chi connectivity index (χ0) is 25.3. The van der Waals surface area contributed by atoms with Crippen molar-refractivity contribution in [1.82, 2.24) is 24.6 Å². The van der Waals surface area contributed by atoms with Crippen LogP contribution >= 0.6 is 11.6 Å². The number of hydrogen-bond donors (Lipinski definition) is 1. The van der Waals surface area contributed by atoms with Gasteiger partial charge in [-0.05, 0) is 62.4 Å². The van der Waals surface area contributed by atoms with Gasteiger partial charge in [0.05, 0.1) is 24.0 Å². The summed E-state index contributed by atoms with van der Waals surface area (Å²) in [6.45, 7) is 6.37. The summed E-state index contributed by atoms with van der Waals surface area (Å²) in [5.74, 6) is 1.40. The molecule has 0 aliphatic carbocycles. The minimum atomic E-state index is -4.54. The fourth-order valence-electron chi connectivity index (χ4n) is 4.34. The first kappa shape index (κ1) is 25.0. The van der Waals surface area contributed by atoms with Gasteiger partial charge in [-0.2, -0.15) is 13.2 Å². The summed E-state index contributed by atoms with van der Waals surface area (Å²) in [4.78, 5) is 18.4. The molecule has 1 N–H and O–H groups in total. The van der Waals surface area contributed by atoms with Crippen LogP contribution < -0.4 is 5.32 Å². The number of pyridine rings is 1. The number of aromatic nitrogens is 4. The zero-order valence-electron chi connectivity index (χ0n) is 19.7. The molecule has 1 saturated heterocycles. The Morgan fingerprint density at radius 3 is 2.66 bits per heavy atom. The Morgan fingerprint density at radius 1 is 1.20 bits per heavy atom. The molecular weight excluding hydrogens is 481 g/mol. The molecule has 0 bridgehead atoms. The van der Waals surface area contributed by atoms with Crippen molar-refractivity contribution in [2.75, 3.05) is 11.9 Å². The number of nitrogens with one attached hydrogen (secondary N) is 1. The lowest BCUT2D eigenvalue weighted by atomic mass is 10.1. The monoisotopic (exact) mass is 506 g/mol. The van der Waals surface area contributed by atoms with Crippen LogP contribution in [0.4, 0.5) is 23.7 Å². The highest BCUT2D eigenvalue weighted by atomic mass is 35.5. The first-order chi connectivity index (χ1) is 16.6. The molecule has 186 valence electrons. The smallest absolute Gasteiger partial charge is 0.314 e. The summed E-state index contributed by atoms with van der Waals surface area (Å²) < 4.78 is 40.8. The van der Waals surface area contributed by atoms with Crippen molar-refractivity contribution in [3.63, 3.8) is 0 Å². The number of urea groups is 1. The highest BCUT2D eigenvalue weighted by molar-refractivity contribution is 6.31. The Balaban J connectivity index is 1.55. The first-order valence-electron chi connectivity index (χ1n) is 11.4. The van der Waals surface area contributed by atoms with E-state index in [1.54, 1.807) is 4.90 Å². The minimum Gasteiger partial charge on any atom is -0.314 e. The Kier molecular flexibility index (Phi) is 7.02. The number of benzene rings is 1. The average Bonchev–Trinajstić information content (AvgIpc) is 3.42. The molecule has 3 heterocycles. The quantitative estimate of drug-likeness (QED) is 0.464. The third kappa shape index (κ3) is 5.27. The number of anilines is 1. The van der Waals surface area contributed by atoms with E-state index in [0.717, 1.165) is 40.9 Å². The molecular formula is C24H26ClF3N6O. The lowest BCUT2D eigenvalue weighted by Gasteiger charge is -2.25. The van der Waals surface area contributed by atoms with Gasteiger partial charge in [0.15, 0.2) is 5.82 Å². The number of likely N-dealkylation sites (tertiary alicyclic amines) is 1. The van der Waals surface area contributed by atoms with Crippen LogP contribution in [0.3, 0.4) is 0 Å². The number of alkyl halides is 3. The first-order valence-corrected chi connectivity index (χ1v) is 11.8. The third-order valence-corrected chi connectivity index (χ3v) is 6.59. The van der Waals surface area contributed by atoms with Crippen LogP contribution in [0.2, 0.25) is 5.02 Å². The molecule has 0 spiro atoms. The van der Waals surface area contributed by atoms with Gasteiger partial charge in [-0.1, -0.05) is 30.7 Å². The number of amides is 2. The average molecular weight is 507 g/mol. The maximum absolute atomic E-state index is 13.1. The largest absolute Gasteiger partial charge is 0.433 e. The highest BCUT2D eigenvalue weighted by Crippen LogP contribution is 2.33. The number of carbonyl (C=O) groups excluding carboxylic acids is 1. The van der Waals surface area contributed by atoms with Crippen molar-refractivity contribution in [2.24, 2.45) is 0 Å². The molecule has 1 aliphatic rings. The van der Waals surface area contributed by atoms with E-state index in [9.17, 15) is 18.0 Å². The van der Waals surface area contributed by atoms with E-state index >= 15 is 0 Å². The van der Waals surface area contributed by atoms with Crippen molar-refractivity contribution in [1.29, 1.82) is 0 Å². The number of carbonyl (C=O) groups is 1. The maximum Gasteiger partial charge on any atom is 0.433 e. The highest BCUT2D eigenvalue weighted by Gasteiger charge is 2.35. The maximum atomic E-state index is 13.1. The minimum absolute atomic E-state index is 0.0948. The normalized spacial score (nSPS) is 16.1. The molecule has 4 rings (SSSR count). The van der Waals surface area contributed by atoms with Crippen LogP contribution in [-0.4, -0.2) is 37.2 Å². The number of rotatable bonds is 5. The van der Waals surface area contributed by atoms with Crippen molar-refractivity contribution >= 4 is 23.3 Å². The zero-order valence-corrected chi connectivity index (χ0v) is 20.4. The third-order valence-electron chi connectivity index (χ3n) is 6.23. The van der Waals surface area contributed by atoms with Gasteiger partial charge < -0.3 is 14.8 Å². The van der Waals surface area contributed by atoms with E-state index in [1.807, 2.05) is 30.5 Å². The lowest BCUT2D eigenvalue weighted by Crippen LogP contribution is -2.36. The summed E-state index contributed by atoms with van der Waals surface area (Å²) in [7, 11) is 0. The summed E-state index contributed by atoms with van der Waals surface area (Å²) in [6.07, 6.45) is -2.25. The van der Waals surface area contributed by atoms with Gasteiger partial charge in [0.1, 0.15) is 11.5 Å². The molecule has 2 aromatic heterocycles. The van der Waals surface area contributed by atoms with E-state index in [-0.39, 0.29) is 17.4 Å². The van der Waals surface area contributed by atoms with Crippen molar-refractivity contribution in [3.8, 4) is 0 Å². The predicted octanol–water partition coefficient (Wildman–Crippen LogP) is 5.94. The van der Waals surface area contributed by atoms with Gasteiger partial charge >= 0.3 is 12.2 Å². The summed E-state index contributed by atoms with van der Waals surface area (Å²) >= 11 is 6.26. The molecule has 3 aromatic rings. The molecule has 11 heteroatoms. The second-order valence-electron chi connectivity index (χ2n) is 8.58. The number of aryl methyl sites for hydroxylation is 3. The Hall–Kier alpha value is -3.14. The van der Waals surface area contributed by atoms with Gasteiger partial charge in [0.25, 0.3) is 0 Å². The molecule has 2 amide bonds.